The van der Waals surface area contributed by atoms with Gasteiger partial charge in [-0.15, -0.1) is 0 Å². The van der Waals surface area contributed by atoms with Gasteiger partial charge in [0, 0.05) is 16.7 Å². The second-order valence-corrected chi connectivity index (χ2v) is 11.3. The Labute approximate surface area is 299 Å². The summed E-state index contributed by atoms with van der Waals surface area (Å²) in [6.45, 7) is 0. The van der Waals surface area contributed by atoms with Crippen LogP contribution in [0.2, 0.25) is 0 Å². The highest BCUT2D eigenvalue weighted by atomic mass is 79.9. The average molecular weight is 741 g/mol. The van der Waals surface area contributed by atoms with Gasteiger partial charge >= 0.3 is 7.12 Å². The molecule has 0 heterocycles. The van der Waals surface area contributed by atoms with E-state index in [-0.39, 0.29) is 11.6 Å². The number of ether oxygens (including phenoxy) is 4. The first kappa shape index (κ1) is 37.7. The number of halogens is 3. The molecule has 0 aliphatic carbocycles. The molecule has 0 aromatic heterocycles. The van der Waals surface area contributed by atoms with Gasteiger partial charge in [-0.3, -0.25) is 0 Å². The van der Waals surface area contributed by atoms with E-state index < -0.39 is 7.12 Å². The summed E-state index contributed by atoms with van der Waals surface area (Å²) < 4.78 is 51.1. The van der Waals surface area contributed by atoms with Crippen molar-refractivity contribution in [2.24, 2.45) is 0 Å². The molecule has 0 radical (unpaired) electrons. The third-order valence-corrected chi connectivity index (χ3v) is 8.14. The molecule has 50 heavy (non-hydrogen) atoms. The fourth-order valence-electron chi connectivity index (χ4n) is 5.12. The molecule has 0 saturated heterocycles. The molecule has 0 fully saturated rings. The molecule has 2 N–H and O–H groups in total. The van der Waals surface area contributed by atoms with E-state index in [0.29, 0.717) is 60.8 Å². The van der Waals surface area contributed by atoms with Crippen LogP contribution in [0.3, 0.4) is 0 Å². The molecule has 0 amide bonds. The Balaban J connectivity index is 0.000000184. The highest BCUT2D eigenvalue weighted by molar-refractivity contribution is 9.10. The second kappa shape index (κ2) is 18.6. The zero-order valence-corrected chi connectivity index (χ0v) is 29.5. The third-order valence-electron chi connectivity index (χ3n) is 7.53. The number of methoxy groups -OCH3 is 4. The van der Waals surface area contributed by atoms with Gasteiger partial charge in [0.05, 0.1) is 44.0 Å². The lowest BCUT2D eigenvalue weighted by Crippen LogP contribution is -2.29. The van der Waals surface area contributed by atoms with Crippen molar-refractivity contribution < 1.29 is 37.8 Å². The van der Waals surface area contributed by atoms with Gasteiger partial charge in [0.2, 0.25) is 0 Å². The van der Waals surface area contributed by atoms with Gasteiger partial charge in [-0.1, -0.05) is 103 Å². The molecule has 0 spiro atoms. The molecule has 6 nitrogen and oxygen atoms in total. The maximum Gasteiger partial charge on any atom is 0.488 e. The van der Waals surface area contributed by atoms with Gasteiger partial charge < -0.3 is 29.0 Å². The predicted octanol–water partition coefficient (Wildman–Crippen LogP) is 8.82. The molecular formula is C40H36BBrF2O6. The smallest absolute Gasteiger partial charge is 0.488 e. The van der Waals surface area contributed by atoms with E-state index in [1.165, 1.54) is 0 Å². The van der Waals surface area contributed by atoms with Crippen LogP contribution >= 0.6 is 15.9 Å². The number of hydrogen-bond acceptors (Lipinski definition) is 6. The SMILES string of the molecule is COc1cccc(OC)c1-c1cccc(-c2ccccc2)c1F.COc1cccc(OC)c1-c1cccc(Br)c1F.OB(O)c1ccccc1. The van der Waals surface area contributed by atoms with E-state index in [2.05, 4.69) is 15.9 Å². The standard InChI is InChI=1S/C20H17FO2.C14H12BrFO2.C6H7BO2/c1-22-17-12-7-13-18(23-2)19(17)16-11-6-10-15(20(16)21)14-8-4-3-5-9-14;1-17-11-7-4-8-12(18-2)13(11)9-5-3-6-10(15)14(9)16;8-7(9)6-4-2-1-3-5-6/h3-13H,1-2H3;3-8H,1-2H3;1-5,8-9H. The van der Waals surface area contributed by atoms with E-state index in [1.807, 2.05) is 48.5 Å². The lowest BCUT2D eigenvalue weighted by atomic mass is 9.81. The minimum absolute atomic E-state index is 0.290. The third kappa shape index (κ3) is 9.09. The van der Waals surface area contributed by atoms with Crippen molar-refractivity contribution in [1.82, 2.24) is 0 Å². The molecule has 0 aliphatic heterocycles. The Morgan fingerprint density at radius 1 is 0.460 bits per heavy atom. The Bertz CT molecular complexity index is 1930. The molecule has 6 aromatic carbocycles. The first-order valence-electron chi connectivity index (χ1n) is 15.4. The molecule has 256 valence electrons. The Kier molecular flexibility index (Phi) is 14.0. The van der Waals surface area contributed by atoms with Gasteiger partial charge in [0.25, 0.3) is 0 Å². The molecule has 0 saturated carbocycles. The molecule has 0 atom stereocenters. The van der Waals surface area contributed by atoms with Crippen LogP contribution in [0, 0.1) is 11.6 Å². The highest BCUT2D eigenvalue weighted by Gasteiger charge is 2.19. The van der Waals surface area contributed by atoms with Gasteiger partial charge in [-0.05, 0) is 57.3 Å². The van der Waals surface area contributed by atoms with Gasteiger partial charge in [-0.25, -0.2) is 8.78 Å². The molecule has 0 bridgehead atoms. The average Bonchev–Trinajstić information content (AvgIpc) is 3.16. The maximum absolute atomic E-state index is 15.2. The summed E-state index contributed by atoms with van der Waals surface area (Å²) in [5.41, 5.74) is 4.04. The second-order valence-electron chi connectivity index (χ2n) is 10.5. The van der Waals surface area contributed by atoms with Crippen LogP contribution in [-0.2, 0) is 0 Å². The zero-order chi connectivity index (χ0) is 36.0. The van der Waals surface area contributed by atoms with Crippen molar-refractivity contribution >= 4 is 28.5 Å². The monoisotopic (exact) mass is 740 g/mol. The lowest BCUT2D eigenvalue weighted by Gasteiger charge is -2.15. The van der Waals surface area contributed by atoms with Crippen LogP contribution in [0.4, 0.5) is 8.78 Å². The largest absolute Gasteiger partial charge is 0.496 e. The zero-order valence-electron chi connectivity index (χ0n) is 27.9. The van der Waals surface area contributed by atoms with Crippen molar-refractivity contribution in [2.45, 2.75) is 0 Å². The van der Waals surface area contributed by atoms with Crippen LogP contribution in [-0.4, -0.2) is 45.6 Å². The number of benzene rings is 6. The number of rotatable bonds is 8. The maximum atomic E-state index is 15.2. The lowest BCUT2D eigenvalue weighted by molar-refractivity contribution is 0.396. The van der Waals surface area contributed by atoms with Crippen molar-refractivity contribution in [3.05, 3.63) is 150 Å². The summed E-state index contributed by atoms with van der Waals surface area (Å²) in [6, 6.07) is 39.4. The van der Waals surface area contributed by atoms with E-state index >= 15 is 4.39 Å². The Hall–Kier alpha value is -5.16. The van der Waals surface area contributed by atoms with Crippen LogP contribution in [0.1, 0.15) is 0 Å². The first-order valence-corrected chi connectivity index (χ1v) is 16.2. The Morgan fingerprint density at radius 3 is 1.26 bits per heavy atom. The van der Waals surface area contributed by atoms with E-state index in [1.54, 1.807) is 113 Å². The van der Waals surface area contributed by atoms with Crippen molar-refractivity contribution in [1.29, 1.82) is 0 Å². The van der Waals surface area contributed by atoms with Gasteiger partial charge in [0.15, 0.2) is 0 Å². The van der Waals surface area contributed by atoms with Gasteiger partial charge in [0.1, 0.15) is 34.6 Å². The van der Waals surface area contributed by atoms with Crippen LogP contribution in [0.25, 0.3) is 33.4 Å². The Morgan fingerprint density at radius 2 is 0.840 bits per heavy atom. The minimum Gasteiger partial charge on any atom is -0.496 e. The molecule has 0 unspecified atom stereocenters. The van der Waals surface area contributed by atoms with Crippen molar-refractivity contribution in [2.75, 3.05) is 28.4 Å². The normalized spacial score (nSPS) is 10.1. The fraction of sp³-hybridized carbons (Fsp3) is 0.100. The minimum atomic E-state index is -1.34. The van der Waals surface area contributed by atoms with E-state index in [9.17, 15) is 4.39 Å². The number of hydrogen-bond donors (Lipinski definition) is 2. The fourth-order valence-corrected chi connectivity index (χ4v) is 5.49. The molecule has 0 aliphatic rings. The summed E-state index contributed by atoms with van der Waals surface area (Å²) in [6.07, 6.45) is 0. The summed E-state index contributed by atoms with van der Waals surface area (Å²) >= 11 is 3.18. The summed E-state index contributed by atoms with van der Waals surface area (Å²) in [4.78, 5) is 0. The molecule has 6 rings (SSSR count). The van der Waals surface area contributed by atoms with Crippen LogP contribution in [0.5, 0.6) is 23.0 Å². The van der Waals surface area contributed by atoms with Gasteiger partial charge in [-0.2, -0.15) is 0 Å². The summed E-state index contributed by atoms with van der Waals surface area (Å²) in [5, 5.41) is 17.2. The quantitative estimate of drug-likeness (QED) is 0.152. The van der Waals surface area contributed by atoms with E-state index in [0.717, 1.165) is 5.56 Å². The first-order chi connectivity index (χ1) is 24.2. The highest BCUT2D eigenvalue weighted by Crippen LogP contribution is 2.42. The topological polar surface area (TPSA) is 77.4 Å². The van der Waals surface area contributed by atoms with Crippen LogP contribution in [0.15, 0.2) is 138 Å². The van der Waals surface area contributed by atoms with E-state index in [4.69, 9.17) is 29.0 Å². The van der Waals surface area contributed by atoms with Crippen molar-refractivity contribution in [3.8, 4) is 56.4 Å². The summed E-state index contributed by atoms with van der Waals surface area (Å²) in [5.74, 6) is 1.68. The molecule has 10 heteroatoms. The summed E-state index contributed by atoms with van der Waals surface area (Å²) in [7, 11) is 4.89. The van der Waals surface area contributed by atoms with Crippen molar-refractivity contribution in [3.63, 3.8) is 0 Å². The predicted molar refractivity (Wildman–Crippen MR) is 199 cm³/mol. The van der Waals surface area contributed by atoms with Crippen LogP contribution < -0.4 is 24.4 Å². The molecular weight excluding hydrogens is 705 g/mol. The molecule has 6 aromatic rings.